The molecule has 19 heavy (non-hydrogen) atoms. The lowest BCUT2D eigenvalue weighted by Gasteiger charge is -2.22. The van der Waals surface area contributed by atoms with Crippen LogP contribution in [-0.4, -0.2) is 17.8 Å². The molecule has 106 valence electrons. The molecular weight excluding hydrogens is 302 g/mol. The first-order valence-corrected chi connectivity index (χ1v) is 7.72. The average molecular weight is 326 g/mol. The SMILES string of the molecule is CC(C)(CBr)CNC(=O)c1ccc(C(C)(C)C)cc1. The molecule has 3 heteroatoms. The van der Waals surface area contributed by atoms with Gasteiger partial charge in [-0.3, -0.25) is 4.79 Å². The zero-order chi connectivity index (χ0) is 14.7. The molecule has 0 bridgehead atoms. The van der Waals surface area contributed by atoms with E-state index in [1.807, 2.05) is 24.3 Å². The molecule has 0 heterocycles. The number of halogens is 1. The predicted octanol–water partition coefficient (Wildman–Crippen LogP) is 4.14. The summed E-state index contributed by atoms with van der Waals surface area (Å²) in [6.07, 6.45) is 0. The zero-order valence-corrected chi connectivity index (χ0v) is 14.1. The summed E-state index contributed by atoms with van der Waals surface area (Å²) in [5, 5.41) is 3.84. The van der Waals surface area contributed by atoms with Gasteiger partial charge in [-0.25, -0.2) is 0 Å². The molecule has 1 N–H and O–H groups in total. The van der Waals surface area contributed by atoms with E-state index in [1.54, 1.807) is 0 Å². The Kier molecular flexibility index (Phi) is 5.19. The van der Waals surface area contributed by atoms with E-state index in [0.717, 1.165) is 10.9 Å². The third kappa shape index (κ3) is 4.98. The number of carbonyl (C=O) groups excluding carboxylic acids is 1. The van der Waals surface area contributed by atoms with Crippen LogP contribution in [0, 0.1) is 5.41 Å². The molecule has 0 atom stereocenters. The fourth-order valence-corrected chi connectivity index (χ4v) is 1.79. The minimum Gasteiger partial charge on any atom is -0.351 e. The Labute approximate surface area is 125 Å². The molecule has 1 rings (SSSR count). The number of hydrogen-bond acceptors (Lipinski definition) is 1. The summed E-state index contributed by atoms with van der Waals surface area (Å²) in [6, 6.07) is 7.86. The van der Waals surface area contributed by atoms with Crippen molar-refractivity contribution in [1.82, 2.24) is 5.32 Å². The molecule has 0 saturated carbocycles. The molecule has 0 aliphatic rings. The van der Waals surface area contributed by atoms with Gasteiger partial charge in [0.25, 0.3) is 5.91 Å². The van der Waals surface area contributed by atoms with Gasteiger partial charge in [0.15, 0.2) is 0 Å². The lowest BCUT2D eigenvalue weighted by atomic mass is 9.86. The summed E-state index contributed by atoms with van der Waals surface area (Å²) < 4.78 is 0. The van der Waals surface area contributed by atoms with E-state index in [-0.39, 0.29) is 16.7 Å². The van der Waals surface area contributed by atoms with Gasteiger partial charge in [-0.2, -0.15) is 0 Å². The maximum Gasteiger partial charge on any atom is 0.251 e. The molecule has 0 aliphatic carbocycles. The summed E-state index contributed by atoms with van der Waals surface area (Å²) >= 11 is 3.46. The molecule has 0 unspecified atom stereocenters. The van der Waals surface area contributed by atoms with Crippen LogP contribution in [0.1, 0.15) is 50.5 Å². The van der Waals surface area contributed by atoms with Crippen LogP contribution in [-0.2, 0) is 5.41 Å². The van der Waals surface area contributed by atoms with Gasteiger partial charge in [-0.15, -0.1) is 0 Å². The molecule has 1 aromatic rings. The number of carbonyl (C=O) groups is 1. The summed E-state index contributed by atoms with van der Waals surface area (Å²) in [4.78, 5) is 12.0. The second kappa shape index (κ2) is 6.08. The second-order valence-corrected chi connectivity index (χ2v) is 7.37. The Morgan fingerprint density at radius 1 is 1.11 bits per heavy atom. The van der Waals surface area contributed by atoms with E-state index in [9.17, 15) is 4.79 Å². The quantitative estimate of drug-likeness (QED) is 0.828. The van der Waals surface area contributed by atoms with Crippen molar-refractivity contribution in [1.29, 1.82) is 0 Å². The third-order valence-electron chi connectivity index (χ3n) is 3.10. The number of rotatable bonds is 4. The Bertz CT molecular complexity index is 429. The smallest absolute Gasteiger partial charge is 0.251 e. The van der Waals surface area contributed by atoms with Crippen molar-refractivity contribution in [3.8, 4) is 0 Å². The van der Waals surface area contributed by atoms with E-state index in [2.05, 4.69) is 55.9 Å². The van der Waals surface area contributed by atoms with Crippen molar-refractivity contribution in [2.24, 2.45) is 5.41 Å². The topological polar surface area (TPSA) is 29.1 Å². The highest BCUT2D eigenvalue weighted by Crippen LogP contribution is 2.22. The van der Waals surface area contributed by atoms with Crippen LogP contribution in [0.2, 0.25) is 0 Å². The molecule has 1 aromatic carbocycles. The van der Waals surface area contributed by atoms with Gasteiger partial charge in [-0.1, -0.05) is 62.7 Å². The van der Waals surface area contributed by atoms with Gasteiger partial charge in [0.2, 0.25) is 0 Å². The van der Waals surface area contributed by atoms with Crippen LogP contribution >= 0.6 is 15.9 Å². The lowest BCUT2D eigenvalue weighted by molar-refractivity contribution is 0.0940. The van der Waals surface area contributed by atoms with Crippen molar-refractivity contribution < 1.29 is 4.79 Å². The molecule has 0 spiro atoms. The molecule has 1 amide bonds. The second-order valence-electron chi connectivity index (χ2n) is 6.81. The van der Waals surface area contributed by atoms with Crippen LogP contribution in [0.5, 0.6) is 0 Å². The molecule has 0 radical (unpaired) electrons. The molecule has 0 saturated heterocycles. The lowest BCUT2D eigenvalue weighted by Crippen LogP contribution is -2.34. The van der Waals surface area contributed by atoms with Gasteiger partial charge >= 0.3 is 0 Å². The van der Waals surface area contributed by atoms with Crippen LogP contribution in [0.4, 0.5) is 0 Å². The summed E-state index contributed by atoms with van der Waals surface area (Å²) in [5.41, 5.74) is 2.15. The maximum atomic E-state index is 12.0. The first kappa shape index (κ1) is 16.2. The maximum absolute atomic E-state index is 12.0. The third-order valence-corrected chi connectivity index (χ3v) is 4.62. The molecule has 0 aliphatic heterocycles. The monoisotopic (exact) mass is 325 g/mol. The highest BCUT2D eigenvalue weighted by molar-refractivity contribution is 9.09. The molecule has 0 aromatic heterocycles. The van der Waals surface area contributed by atoms with E-state index < -0.39 is 0 Å². The van der Waals surface area contributed by atoms with Crippen molar-refractivity contribution in [3.63, 3.8) is 0 Å². The van der Waals surface area contributed by atoms with Crippen molar-refractivity contribution in [3.05, 3.63) is 35.4 Å². The van der Waals surface area contributed by atoms with Crippen molar-refractivity contribution in [2.45, 2.75) is 40.0 Å². The van der Waals surface area contributed by atoms with Crippen LogP contribution < -0.4 is 5.32 Å². The first-order chi connectivity index (χ1) is 8.65. The predicted molar refractivity (Wildman–Crippen MR) is 85.1 cm³/mol. The molecule has 0 fully saturated rings. The van der Waals surface area contributed by atoms with E-state index in [4.69, 9.17) is 0 Å². The van der Waals surface area contributed by atoms with Crippen molar-refractivity contribution in [2.75, 3.05) is 11.9 Å². The minimum atomic E-state index is -0.00511. The van der Waals surface area contributed by atoms with Gasteiger partial charge in [0.05, 0.1) is 0 Å². The number of alkyl halides is 1. The van der Waals surface area contributed by atoms with Gasteiger partial charge in [-0.05, 0) is 28.5 Å². The van der Waals surface area contributed by atoms with Gasteiger partial charge < -0.3 is 5.32 Å². The van der Waals surface area contributed by atoms with E-state index in [0.29, 0.717) is 6.54 Å². The fraction of sp³-hybridized carbons (Fsp3) is 0.562. The van der Waals surface area contributed by atoms with E-state index in [1.165, 1.54) is 5.56 Å². The molecule has 2 nitrogen and oxygen atoms in total. The Balaban J connectivity index is 2.69. The highest BCUT2D eigenvalue weighted by Gasteiger charge is 2.18. The zero-order valence-electron chi connectivity index (χ0n) is 12.5. The largest absolute Gasteiger partial charge is 0.351 e. The number of amides is 1. The highest BCUT2D eigenvalue weighted by atomic mass is 79.9. The Morgan fingerprint density at radius 3 is 2.05 bits per heavy atom. The van der Waals surface area contributed by atoms with Crippen LogP contribution in [0.25, 0.3) is 0 Å². The normalized spacial score (nSPS) is 12.3. The molecular formula is C16H24BrNO. The minimum absolute atomic E-state index is 0.00511. The number of hydrogen-bond donors (Lipinski definition) is 1. The van der Waals surface area contributed by atoms with Crippen LogP contribution in [0.3, 0.4) is 0 Å². The Morgan fingerprint density at radius 2 is 1.63 bits per heavy atom. The van der Waals surface area contributed by atoms with Crippen LogP contribution in [0.15, 0.2) is 24.3 Å². The summed E-state index contributed by atoms with van der Waals surface area (Å²) in [6.45, 7) is 11.4. The van der Waals surface area contributed by atoms with Gasteiger partial charge in [0, 0.05) is 17.4 Å². The standard InChI is InChI=1S/C16H24BrNO/c1-15(2,3)13-8-6-12(7-9-13)14(19)18-11-16(4,5)10-17/h6-9H,10-11H2,1-5H3,(H,18,19). The van der Waals surface area contributed by atoms with Crippen molar-refractivity contribution >= 4 is 21.8 Å². The summed E-state index contributed by atoms with van der Waals surface area (Å²) in [7, 11) is 0. The summed E-state index contributed by atoms with van der Waals surface area (Å²) in [5.74, 6) is -0.00511. The number of benzene rings is 1. The Hall–Kier alpha value is -0.830. The average Bonchev–Trinajstić information content (AvgIpc) is 2.35. The first-order valence-electron chi connectivity index (χ1n) is 6.60. The fourth-order valence-electron chi connectivity index (χ4n) is 1.59. The van der Waals surface area contributed by atoms with E-state index >= 15 is 0 Å². The van der Waals surface area contributed by atoms with Gasteiger partial charge in [0.1, 0.15) is 0 Å². The number of nitrogens with one attached hydrogen (secondary N) is 1.